The molecule has 20 heavy (non-hydrogen) atoms. The number of hydrogen-bond acceptors (Lipinski definition) is 7. The Labute approximate surface area is 121 Å². The molecule has 0 rings (SSSR count). The summed E-state index contributed by atoms with van der Waals surface area (Å²) in [5.41, 5.74) is 5.27. The molecular weight excluding hydrogens is 285 g/mol. The summed E-state index contributed by atoms with van der Waals surface area (Å²) in [6.07, 6.45) is -0.490. The fraction of sp³-hybridized carbons (Fsp3) is 1.00. The van der Waals surface area contributed by atoms with Crippen LogP contribution in [0.5, 0.6) is 0 Å². The van der Waals surface area contributed by atoms with Gasteiger partial charge in [0, 0.05) is 6.54 Å². The lowest BCUT2D eigenvalue weighted by molar-refractivity contribution is 0.0217. The van der Waals surface area contributed by atoms with Crippen LogP contribution in [0.15, 0.2) is 0 Å². The van der Waals surface area contributed by atoms with Gasteiger partial charge in [0.25, 0.3) is 0 Å². The van der Waals surface area contributed by atoms with Crippen LogP contribution in [0.4, 0.5) is 0 Å². The van der Waals surface area contributed by atoms with Crippen molar-refractivity contribution in [3.8, 4) is 0 Å². The van der Waals surface area contributed by atoms with Gasteiger partial charge in [-0.15, -0.1) is 0 Å². The van der Waals surface area contributed by atoms with Crippen LogP contribution in [0.1, 0.15) is 27.7 Å². The highest BCUT2D eigenvalue weighted by atomic mass is 31.2. The van der Waals surface area contributed by atoms with E-state index in [4.69, 9.17) is 28.8 Å². The summed E-state index contributed by atoms with van der Waals surface area (Å²) in [7, 11) is -3.53. The van der Waals surface area contributed by atoms with Crippen molar-refractivity contribution in [2.45, 2.75) is 39.9 Å². The van der Waals surface area contributed by atoms with Gasteiger partial charge in [0.05, 0.1) is 45.2 Å². The minimum absolute atomic E-state index is 0.133. The summed E-state index contributed by atoms with van der Waals surface area (Å²) >= 11 is 0. The van der Waals surface area contributed by atoms with E-state index in [0.717, 1.165) is 0 Å². The van der Waals surface area contributed by atoms with Crippen molar-refractivity contribution in [2.75, 3.05) is 39.6 Å². The Morgan fingerprint density at radius 2 is 1.30 bits per heavy atom. The molecule has 0 atom stereocenters. The largest absolute Gasteiger partial charge is 0.475 e. The van der Waals surface area contributed by atoms with E-state index in [1.807, 2.05) is 0 Å². The molecule has 0 saturated heterocycles. The van der Waals surface area contributed by atoms with Gasteiger partial charge in [-0.2, -0.15) is 0 Å². The van der Waals surface area contributed by atoms with Gasteiger partial charge in [-0.1, -0.05) is 0 Å². The number of phosphoric ester groups is 1. The van der Waals surface area contributed by atoms with Gasteiger partial charge >= 0.3 is 7.82 Å². The maximum atomic E-state index is 12.2. The van der Waals surface area contributed by atoms with Crippen LogP contribution in [0.3, 0.4) is 0 Å². The van der Waals surface area contributed by atoms with E-state index in [9.17, 15) is 4.57 Å². The Kier molecular flexibility index (Phi) is 11.6. The van der Waals surface area contributed by atoms with Crippen molar-refractivity contribution in [3.05, 3.63) is 0 Å². The van der Waals surface area contributed by atoms with Crippen molar-refractivity contribution >= 4 is 7.82 Å². The van der Waals surface area contributed by atoms with Crippen molar-refractivity contribution in [2.24, 2.45) is 5.73 Å². The molecule has 2 N–H and O–H groups in total. The summed E-state index contributed by atoms with van der Waals surface area (Å²) in [4.78, 5) is 0. The predicted octanol–water partition coefficient (Wildman–Crippen LogP) is 1.95. The van der Waals surface area contributed by atoms with Crippen LogP contribution < -0.4 is 5.73 Å². The Balaban J connectivity index is 3.82. The van der Waals surface area contributed by atoms with Crippen molar-refractivity contribution in [3.63, 3.8) is 0 Å². The van der Waals surface area contributed by atoms with E-state index in [0.29, 0.717) is 33.0 Å². The minimum Gasteiger partial charge on any atom is -0.378 e. The van der Waals surface area contributed by atoms with Gasteiger partial charge in [0.2, 0.25) is 0 Å². The fourth-order valence-electron chi connectivity index (χ4n) is 1.22. The van der Waals surface area contributed by atoms with Gasteiger partial charge in [0.1, 0.15) is 0 Å². The normalized spacial score (nSPS) is 12.6. The molecule has 0 aliphatic carbocycles. The van der Waals surface area contributed by atoms with Crippen molar-refractivity contribution in [1.29, 1.82) is 0 Å². The van der Waals surface area contributed by atoms with E-state index >= 15 is 0 Å². The predicted molar refractivity (Wildman–Crippen MR) is 76.7 cm³/mol. The average molecular weight is 313 g/mol. The Bertz CT molecular complexity index is 261. The van der Waals surface area contributed by atoms with E-state index in [1.165, 1.54) is 0 Å². The molecule has 0 aromatic heterocycles. The molecule has 0 fully saturated rings. The molecular formula is C12H28NO6P. The van der Waals surface area contributed by atoms with Crippen LogP contribution in [0, 0.1) is 0 Å². The zero-order valence-electron chi connectivity index (χ0n) is 12.9. The highest BCUT2D eigenvalue weighted by molar-refractivity contribution is 7.48. The maximum absolute atomic E-state index is 12.2. The number of phosphoric acid groups is 1. The Hall–Kier alpha value is -0.0100. The highest BCUT2D eigenvalue weighted by Gasteiger charge is 2.29. The summed E-state index contributed by atoms with van der Waals surface area (Å²) in [5, 5.41) is 0. The monoisotopic (exact) mass is 313 g/mol. The van der Waals surface area contributed by atoms with E-state index in [-0.39, 0.29) is 18.8 Å². The molecule has 7 nitrogen and oxygen atoms in total. The van der Waals surface area contributed by atoms with E-state index in [1.54, 1.807) is 27.7 Å². The average Bonchev–Trinajstić information content (AvgIpc) is 2.30. The number of rotatable bonds is 13. The van der Waals surface area contributed by atoms with Crippen molar-refractivity contribution < 1.29 is 27.6 Å². The molecule has 0 spiro atoms. The van der Waals surface area contributed by atoms with Gasteiger partial charge < -0.3 is 15.2 Å². The molecule has 0 aliphatic heterocycles. The van der Waals surface area contributed by atoms with Gasteiger partial charge in [0.15, 0.2) is 0 Å². The number of hydrogen-bond donors (Lipinski definition) is 1. The molecule has 122 valence electrons. The van der Waals surface area contributed by atoms with Crippen molar-refractivity contribution in [1.82, 2.24) is 0 Å². The quantitative estimate of drug-likeness (QED) is 0.410. The first-order valence-electron chi connectivity index (χ1n) is 6.86. The van der Waals surface area contributed by atoms with Crippen LogP contribution in [-0.2, 0) is 27.6 Å². The molecule has 0 unspecified atom stereocenters. The third-order valence-corrected chi connectivity index (χ3v) is 3.65. The first-order chi connectivity index (χ1) is 9.39. The van der Waals surface area contributed by atoms with Gasteiger partial charge in [-0.3, -0.25) is 13.6 Å². The molecule has 0 radical (unpaired) electrons. The first kappa shape index (κ1) is 20.0. The Morgan fingerprint density at radius 3 is 1.75 bits per heavy atom. The molecule has 0 aromatic rings. The first-order valence-corrected chi connectivity index (χ1v) is 8.32. The fourth-order valence-corrected chi connectivity index (χ4v) is 2.72. The molecule has 0 bridgehead atoms. The summed E-state index contributed by atoms with van der Waals surface area (Å²) in [6.45, 7) is 9.41. The zero-order chi connectivity index (χ0) is 15.4. The lowest BCUT2D eigenvalue weighted by Gasteiger charge is -2.21. The second-order valence-corrected chi connectivity index (χ2v) is 6.18. The third kappa shape index (κ3) is 11.8. The maximum Gasteiger partial charge on any atom is 0.475 e. The molecule has 8 heteroatoms. The molecule has 0 amide bonds. The SMILES string of the molecule is CC(C)OP(=O)(OCCOCCOCCN)OC(C)C. The van der Waals surface area contributed by atoms with Crippen LogP contribution in [0.25, 0.3) is 0 Å². The third-order valence-electron chi connectivity index (χ3n) is 1.79. The van der Waals surface area contributed by atoms with E-state index < -0.39 is 7.82 Å². The second kappa shape index (κ2) is 11.6. The van der Waals surface area contributed by atoms with Crippen LogP contribution >= 0.6 is 7.82 Å². The Morgan fingerprint density at radius 1 is 0.850 bits per heavy atom. The smallest absolute Gasteiger partial charge is 0.378 e. The highest BCUT2D eigenvalue weighted by Crippen LogP contribution is 2.51. The second-order valence-electron chi connectivity index (χ2n) is 4.60. The summed E-state index contributed by atoms with van der Waals surface area (Å²) in [6, 6.07) is 0. The molecule has 0 saturated carbocycles. The summed E-state index contributed by atoms with van der Waals surface area (Å²) < 4.78 is 38.3. The number of nitrogens with two attached hydrogens (primary N) is 1. The minimum atomic E-state index is -3.53. The lowest BCUT2D eigenvalue weighted by atomic mass is 10.5. The molecule has 0 heterocycles. The standard InChI is InChI=1S/C12H28NO6P/c1-11(2)18-20(14,19-12(3)4)17-10-9-16-8-7-15-6-5-13/h11-12H,5-10,13H2,1-4H3. The van der Waals surface area contributed by atoms with E-state index in [2.05, 4.69) is 0 Å². The lowest BCUT2D eigenvalue weighted by Crippen LogP contribution is -2.15. The molecule has 0 aliphatic rings. The topological polar surface area (TPSA) is 89.2 Å². The summed E-state index contributed by atoms with van der Waals surface area (Å²) in [5.74, 6) is 0. The van der Waals surface area contributed by atoms with Crippen LogP contribution in [0.2, 0.25) is 0 Å². The van der Waals surface area contributed by atoms with Gasteiger partial charge in [-0.05, 0) is 27.7 Å². The van der Waals surface area contributed by atoms with Gasteiger partial charge in [-0.25, -0.2) is 4.57 Å². The molecule has 0 aromatic carbocycles. The van der Waals surface area contributed by atoms with Crippen LogP contribution in [-0.4, -0.2) is 51.8 Å². The zero-order valence-corrected chi connectivity index (χ0v) is 13.8. The number of ether oxygens (including phenoxy) is 2.